The number of nitriles is 1. The molecule has 2 aliphatic rings. The van der Waals surface area contributed by atoms with Gasteiger partial charge in [0.1, 0.15) is 11.9 Å². The molecule has 2 saturated carbocycles. The molecule has 1 aromatic rings. The van der Waals surface area contributed by atoms with E-state index in [-0.39, 0.29) is 23.1 Å². The van der Waals surface area contributed by atoms with Crippen molar-refractivity contribution in [3.8, 4) is 6.07 Å². The minimum Gasteiger partial charge on any atom is -0.378 e. The van der Waals surface area contributed by atoms with Crippen LogP contribution in [-0.4, -0.2) is 27.9 Å². The first-order valence-electron chi connectivity index (χ1n) is 8.04. The predicted octanol–water partition coefficient (Wildman–Crippen LogP) is 0.715. The Morgan fingerprint density at radius 2 is 2.04 bits per heavy atom. The number of hydrogen-bond donors (Lipinski definition) is 1. The van der Waals surface area contributed by atoms with Crippen LogP contribution in [0.15, 0.2) is 9.59 Å². The molecule has 0 aromatic carbocycles. The Balaban J connectivity index is 1.95. The lowest BCUT2D eigenvalue weighted by molar-refractivity contribution is -0.157. The molecular weight excluding hydrogens is 296 g/mol. The summed E-state index contributed by atoms with van der Waals surface area (Å²) in [4.78, 5) is 24.3. The van der Waals surface area contributed by atoms with Crippen molar-refractivity contribution < 1.29 is 4.74 Å². The Morgan fingerprint density at radius 3 is 2.57 bits per heavy atom. The normalized spacial score (nSPS) is 24.6. The molecular formula is C16H22N4O3. The molecule has 1 heterocycles. The molecule has 7 heteroatoms. The summed E-state index contributed by atoms with van der Waals surface area (Å²) < 4.78 is 8.13. The van der Waals surface area contributed by atoms with Gasteiger partial charge in [-0.3, -0.25) is 13.9 Å². The summed E-state index contributed by atoms with van der Waals surface area (Å²) in [7, 11) is 2.97. The molecule has 0 radical (unpaired) electrons. The smallest absolute Gasteiger partial charge is 0.332 e. The molecule has 0 bridgehead atoms. The highest BCUT2D eigenvalue weighted by atomic mass is 16.5. The lowest BCUT2D eigenvalue weighted by atomic mass is 9.51. The summed E-state index contributed by atoms with van der Waals surface area (Å²) in [6.07, 6.45) is 4.39. The highest BCUT2D eigenvalue weighted by Gasteiger charge is 2.59. The maximum absolute atomic E-state index is 12.2. The van der Waals surface area contributed by atoms with E-state index in [1.54, 1.807) is 7.05 Å². The second-order valence-electron chi connectivity index (χ2n) is 6.50. The zero-order valence-corrected chi connectivity index (χ0v) is 13.8. The molecule has 1 aromatic heterocycles. The van der Waals surface area contributed by atoms with Crippen molar-refractivity contribution in [2.45, 2.75) is 44.8 Å². The fourth-order valence-electron chi connectivity index (χ4n) is 3.92. The minimum absolute atomic E-state index is 0.0102. The first-order valence-corrected chi connectivity index (χ1v) is 8.04. The highest BCUT2D eigenvalue weighted by molar-refractivity contribution is 5.53. The van der Waals surface area contributed by atoms with E-state index in [1.807, 2.05) is 13.0 Å². The second kappa shape index (κ2) is 5.53. The van der Waals surface area contributed by atoms with Gasteiger partial charge in [0.05, 0.1) is 6.10 Å². The van der Waals surface area contributed by atoms with E-state index in [1.165, 1.54) is 18.0 Å². The van der Waals surface area contributed by atoms with Crippen molar-refractivity contribution in [1.82, 2.24) is 9.13 Å². The molecule has 0 saturated heterocycles. The molecule has 0 unspecified atom stereocenters. The Morgan fingerprint density at radius 1 is 1.35 bits per heavy atom. The number of nitrogens with one attached hydrogen (secondary N) is 1. The molecule has 2 aliphatic carbocycles. The number of nitrogens with zero attached hydrogens (tertiary/aromatic N) is 3. The van der Waals surface area contributed by atoms with Gasteiger partial charge in [0.15, 0.2) is 5.56 Å². The summed E-state index contributed by atoms with van der Waals surface area (Å²) in [6, 6.07) is 2.08. The lowest BCUT2D eigenvalue weighted by Crippen LogP contribution is -2.65. The van der Waals surface area contributed by atoms with Crippen LogP contribution in [0.4, 0.5) is 5.82 Å². The first-order chi connectivity index (χ1) is 11.0. The van der Waals surface area contributed by atoms with Gasteiger partial charge in [-0.15, -0.1) is 0 Å². The van der Waals surface area contributed by atoms with Gasteiger partial charge in [0.25, 0.3) is 5.56 Å². The van der Waals surface area contributed by atoms with Crippen molar-refractivity contribution in [1.29, 1.82) is 5.26 Å². The van der Waals surface area contributed by atoms with Crippen LogP contribution in [0.3, 0.4) is 0 Å². The fraction of sp³-hybridized carbons (Fsp3) is 0.688. The molecule has 1 spiro atoms. The summed E-state index contributed by atoms with van der Waals surface area (Å²) in [5.74, 6) is 0.326. The van der Waals surface area contributed by atoms with Crippen LogP contribution < -0.4 is 16.6 Å². The van der Waals surface area contributed by atoms with Crippen LogP contribution in [0.1, 0.15) is 38.2 Å². The Labute approximate surface area is 134 Å². The van der Waals surface area contributed by atoms with E-state index < -0.39 is 11.2 Å². The molecule has 0 aliphatic heterocycles. The standard InChI is InChI=1S/C16H22N4O3/c1-4-23-12-8-11(16(12)6-5-7-16)18-13-10(9-17)14(21)20(3)15(22)19(13)2/h11-12,18H,4-8H2,1-3H3/t11-,12-/m0/s1. The van der Waals surface area contributed by atoms with Gasteiger partial charge in [-0.1, -0.05) is 6.42 Å². The minimum atomic E-state index is -0.554. The third-order valence-corrected chi connectivity index (χ3v) is 5.52. The van der Waals surface area contributed by atoms with Crippen molar-refractivity contribution in [2.24, 2.45) is 19.5 Å². The Kier molecular flexibility index (Phi) is 3.80. The van der Waals surface area contributed by atoms with E-state index in [4.69, 9.17) is 4.74 Å². The number of rotatable bonds is 4. The molecule has 124 valence electrons. The number of hydrogen-bond acceptors (Lipinski definition) is 5. The van der Waals surface area contributed by atoms with Gasteiger partial charge in [-0.2, -0.15) is 5.26 Å². The fourth-order valence-corrected chi connectivity index (χ4v) is 3.92. The first kappa shape index (κ1) is 15.8. The van der Waals surface area contributed by atoms with Crippen molar-refractivity contribution in [3.63, 3.8) is 0 Å². The maximum Gasteiger partial charge on any atom is 0.332 e. The van der Waals surface area contributed by atoms with Crippen LogP contribution >= 0.6 is 0 Å². The van der Waals surface area contributed by atoms with Gasteiger partial charge >= 0.3 is 5.69 Å². The van der Waals surface area contributed by atoms with Crippen molar-refractivity contribution in [2.75, 3.05) is 11.9 Å². The zero-order valence-electron chi connectivity index (χ0n) is 13.8. The molecule has 2 atom stereocenters. The topological polar surface area (TPSA) is 89.1 Å². The highest BCUT2D eigenvalue weighted by Crippen LogP contribution is 2.58. The average molecular weight is 318 g/mol. The molecule has 3 rings (SSSR count). The molecule has 7 nitrogen and oxygen atoms in total. The molecule has 23 heavy (non-hydrogen) atoms. The van der Waals surface area contributed by atoms with E-state index in [2.05, 4.69) is 5.32 Å². The summed E-state index contributed by atoms with van der Waals surface area (Å²) in [5, 5.41) is 12.6. The maximum atomic E-state index is 12.2. The average Bonchev–Trinajstić information content (AvgIpc) is 2.47. The van der Waals surface area contributed by atoms with Crippen molar-refractivity contribution in [3.05, 3.63) is 26.4 Å². The lowest BCUT2D eigenvalue weighted by Gasteiger charge is -2.61. The molecule has 0 amide bonds. The van der Waals surface area contributed by atoms with E-state index in [0.717, 1.165) is 23.8 Å². The SMILES string of the molecule is CCO[C@H]1C[C@H](Nc2c(C#N)c(=O)n(C)c(=O)n2C)C12CCC2. The van der Waals surface area contributed by atoms with Gasteiger partial charge in [-0.25, -0.2) is 4.79 Å². The van der Waals surface area contributed by atoms with E-state index in [0.29, 0.717) is 12.4 Å². The van der Waals surface area contributed by atoms with Gasteiger partial charge in [0, 0.05) is 32.2 Å². The second-order valence-corrected chi connectivity index (χ2v) is 6.50. The van der Waals surface area contributed by atoms with E-state index in [9.17, 15) is 14.9 Å². The van der Waals surface area contributed by atoms with Crippen LogP contribution in [0.2, 0.25) is 0 Å². The Bertz CT molecular complexity index is 782. The van der Waals surface area contributed by atoms with Crippen molar-refractivity contribution >= 4 is 5.82 Å². The number of ether oxygens (including phenoxy) is 1. The molecule has 1 N–H and O–H groups in total. The van der Waals surface area contributed by atoms with Crippen LogP contribution in [0, 0.1) is 16.7 Å². The summed E-state index contributed by atoms with van der Waals surface area (Å²) in [5.41, 5.74) is -0.912. The van der Waals surface area contributed by atoms with Gasteiger partial charge in [-0.05, 0) is 26.2 Å². The predicted molar refractivity (Wildman–Crippen MR) is 85.4 cm³/mol. The zero-order chi connectivity index (χ0) is 16.8. The summed E-state index contributed by atoms with van der Waals surface area (Å²) in [6.45, 7) is 2.68. The van der Waals surface area contributed by atoms with Gasteiger partial charge < -0.3 is 10.1 Å². The number of aromatic nitrogens is 2. The quantitative estimate of drug-likeness (QED) is 0.883. The van der Waals surface area contributed by atoms with Crippen LogP contribution in [-0.2, 0) is 18.8 Å². The van der Waals surface area contributed by atoms with Crippen LogP contribution in [0.25, 0.3) is 0 Å². The monoisotopic (exact) mass is 318 g/mol. The number of anilines is 1. The third-order valence-electron chi connectivity index (χ3n) is 5.52. The van der Waals surface area contributed by atoms with Crippen LogP contribution in [0.5, 0.6) is 0 Å². The molecule has 2 fully saturated rings. The largest absolute Gasteiger partial charge is 0.378 e. The van der Waals surface area contributed by atoms with Gasteiger partial charge in [0.2, 0.25) is 0 Å². The third kappa shape index (κ3) is 2.12. The Hall–Kier alpha value is -2.07. The summed E-state index contributed by atoms with van der Waals surface area (Å²) >= 11 is 0. The van der Waals surface area contributed by atoms with E-state index >= 15 is 0 Å².